The predicted octanol–water partition coefficient (Wildman–Crippen LogP) is 4.02. The average Bonchev–Trinajstić information content (AvgIpc) is 2.52. The molecule has 0 fully saturated rings. The van der Waals surface area contributed by atoms with E-state index >= 15 is 0 Å². The van der Waals surface area contributed by atoms with E-state index in [1.165, 1.54) is 7.11 Å². The molecule has 2 aromatic carbocycles. The molecule has 0 unspecified atom stereocenters. The third-order valence-corrected chi connectivity index (χ3v) is 3.31. The summed E-state index contributed by atoms with van der Waals surface area (Å²) in [5, 5.41) is 0. The fourth-order valence-corrected chi connectivity index (χ4v) is 2.35. The van der Waals surface area contributed by atoms with Crippen molar-refractivity contribution in [2.45, 2.75) is 32.8 Å². The Bertz CT molecular complexity index is 741. The highest BCUT2D eigenvalue weighted by Gasteiger charge is 2.16. The van der Waals surface area contributed by atoms with Gasteiger partial charge in [-0.3, -0.25) is 4.79 Å². The van der Waals surface area contributed by atoms with Crippen LogP contribution in [-0.4, -0.2) is 24.6 Å². The molecule has 0 saturated carbocycles. The van der Waals surface area contributed by atoms with Crippen molar-refractivity contribution in [2.24, 2.45) is 0 Å². The quantitative estimate of drug-likeness (QED) is 0.796. The number of rotatable bonds is 4. The Hall–Kier alpha value is -2.62. The first-order valence-electron chi connectivity index (χ1n) is 7.78. The Balaban J connectivity index is 2.22. The first-order chi connectivity index (χ1) is 11.3. The smallest absolute Gasteiger partial charge is 0.337 e. The maximum Gasteiger partial charge on any atom is 0.337 e. The normalized spacial score (nSPS) is 11.0. The van der Waals surface area contributed by atoms with Gasteiger partial charge in [-0.2, -0.15) is 0 Å². The first-order valence-corrected chi connectivity index (χ1v) is 7.78. The lowest BCUT2D eigenvalue weighted by molar-refractivity contribution is -0.153. The summed E-state index contributed by atoms with van der Waals surface area (Å²) in [5.41, 5.74) is 2.69. The number of ether oxygens (including phenoxy) is 2. The fourth-order valence-electron chi connectivity index (χ4n) is 2.35. The standard InChI is InChI=1S/C20H22O4/c1-20(2,3)24-18(21)12-14-7-5-8-15(11-14)16-9-6-10-17(13-16)19(22)23-4/h5-11,13H,12H2,1-4H3. The molecule has 0 atom stereocenters. The van der Waals surface area contributed by atoms with Crippen LogP contribution in [-0.2, 0) is 20.7 Å². The number of carbonyl (C=O) groups is 2. The Labute approximate surface area is 142 Å². The van der Waals surface area contributed by atoms with E-state index in [2.05, 4.69) is 0 Å². The second kappa shape index (κ2) is 7.30. The molecule has 2 rings (SSSR count). The summed E-state index contributed by atoms with van der Waals surface area (Å²) < 4.78 is 10.1. The van der Waals surface area contributed by atoms with Gasteiger partial charge in [-0.15, -0.1) is 0 Å². The number of carbonyl (C=O) groups excluding carboxylic acids is 2. The number of esters is 2. The van der Waals surface area contributed by atoms with Crippen molar-refractivity contribution in [1.82, 2.24) is 0 Å². The summed E-state index contributed by atoms with van der Waals surface area (Å²) in [6, 6.07) is 14.9. The van der Waals surface area contributed by atoms with Gasteiger partial charge in [-0.05, 0) is 49.6 Å². The van der Waals surface area contributed by atoms with Crippen molar-refractivity contribution in [2.75, 3.05) is 7.11 Å². The molecule has 2 aromatic rings. The summed E-state index contributed by atoms with van der Waals surface area (Å²) in [5.74, 6) is -0.635. The van der Waals surface area contributed by atoms with Crippen molar-refractivity contribution in [3.05, 3.63) is 59.7 Å². The average molecular weight is 326 g/mol. The summed E-state index contributed by atoms with van der Waals surface area (Å²) in [4.78, 5) is 23.6. The number of benzene rings is 2. The predicted molar refractivity (Wildman–Crippen MR) is 92.8 cm³/mol. The van der Waals surface area contributed by atoms with Gasteiger partial charge >= 0.3 is 11.9 Å². The zero-order chi connectivity index (χ0) is 17.7. The molecule has 4 nitrogen and oxygen atoms in total. The molecule has 126 valence electrons. The molecule has 0 aromatic heterocycles. The molecule has 0 aliphatic carbocycles. The number of hydrogen-bond donors (Lipinski definition) is 0. The minimum absolute atomic E-state index is 0.210. The second-order valence-electron chi connectivity index (χ2n) is 6.54. The van der Waals surface area contributed by atoms with Crippen molar-refractivity contribution in [3.8, 4) is 11.1 Å². The topological polar surface area (TPSA) is 52.6 Å². The van der Waals surface area contributed by atoms with Crippen molar-refractivity contribution in [3.63, 3.8) is 0 Å². The largest absolute Gasteiger partial charge is 0.465 e. The molecule has 4 heteroatoms. The van der Waals surface area contributed by atoms with Crippen LogP contribution in [0.15, 0.2) is 48.5 Å². The first kappa shape index (κ1) is 17.7. The van der Waals surface area contributed by atoms with Crippen LogP contribution in [0.1, 0.15) is 36.7 Å². The SMILES string of the molecule is COC(=O)c1cccc(-c2cccc(CC(=O)OC(C)(C)C)c2)c1. The van der Waals surface area contributed by atoms with Crippen LogP contribution in [0.2, 0.25) is 0 Å². The van der Waals surface area contributed by atoms with E-state index in [9.17, 15) is 9.59 Å². The highest BCUT2D eigenvalue weighted by atomic mass is 16.6. The molecule has 0 aliphatic heterocycles. The van der Waals surface area contributed by atoms with Gasteiger partial charge in [-0.25, -0.2) is 4.79 Å². The van der Waals surface area contributed by atoms with E-state index in [-0.39, 0.29) is 18.4 Å². The minimum Gasteiger partial charge on any atom is -0.465 e. The zero-order valence-electron chi connectivity index (χ0n) is 14.5. The molecule has 0 aliphatic rings. The summed E-state index contributed by atoms with van der Waals surface area (Å²) in [6.45, 7) is 5.54. The van der Waals surface area contributed by atoms with Gasteiger partial charge in [0.25, 0.3) is 0 Å². The van der Waals surface area contributed by atoms with Crippen LogP contribution in [0.3, 0.4) is 0 Å². The maximum atomic E-state index is 12.0. The lowest BCUT2D eigenvalue weighted by atomic mass is 10.00. The third-order valence-electron chi connectivity index (χ3n) is 3.31. The molecular weight excluding hydrogens is 304 g/mol. The fraction of sp³-hybridized carbons (Fsp3) is 0.300. The molecular formula is C20H22O4. The Kier molecular flexibility index (Phi) is 5.39. The van der Waals surface area contributed by atoms with Gasteiger partial charge in [0.1, 0.15) is 5.60 Å². The highest BCUT2D eigenvalue weighted by Crippen LogP contribution is 2.22. The lowest BCUT2D eigenvalue weighted by Crippen LogP contribution is -2.24. The number of methoxy groups -OCH3 is 1. The lowest BCUT2D eigenvalue weighted by Gasteiger charge is -2.19. The monoisotopic (exact) mass is 326 g/mol. The summed E-state index contributed by atoms with van der Waals surface area (Å²) in [7, 11) is 1.36. The van der Waals surface area contributed by atoms with Crippen LogP contribution in [0, 0.1) is 0 Å². The van der Waals surface area contributed by atoms with Crippen LogP contribution in [0.4, 0.5) is 0 Å². The molecule has 0 bridgehead atoms. The molecule has 0 spiro atoms. The third kappa shape index (κ3) is 4.95. The Morgan fingerprint density at radius 3 is 2.21 bits per heavy atom. The summed E-state index contributed by atoms with van der Waals surface area (Å²) in [6.07, 6.45) is 0.210. The molecule has 0 saturated heterocycles. The molecule has 0 heterocycles. The van der Waals surface area contributed by atoms with Crippen LogP contribution in [0.25, 0.3) is 11.1 Å². The van der Waals surface area contributed by atoms with E-state index in [1.807, 2.05) is 57.2 Å². The van der Waals surface area contributed by atoms with Gasteiger partial charge in [0.05, 0.1) is 19.1 Å². The van der Waals surface area contributed by atoms with Gasteiger partial charge < -0.3 is 9.47 Å². The van der Waals surface area contributed by atoms with E-state index < -0.39 is 5.60 Å². The minimum atomic E-state index is -0.496. The molecule has 24 heavy (non-hydrogen) atoms. The molecule has 0 amide bonds. The zero-order valence-corrected chi connectivity index (χ0v) is 14.5. The van der Waals surface area contributed by atoms with Gasteiger partial charge in [0.2, 0.25) is 0 Å². The second-order valence-corrected chi connectivity index (χ2v) is 6.54. The number of hydrogen-bond acceptors (Lipinski definition) is 4. The van der Waals surface area contributed by atoms with Crippen LogP contribution in [0.5, 0.6) is 0 Å². The Morgan fingerprint density at radius 2 is 1.58 bits per heavy atom. The van der Waals surface area contributed by atoms with Crippen molar-refractivity contribution >= 4 is 11.9 Å². The van der Waals surface area contributed by atoms with Gasteiger partial charge in [0, 0.05) is 0 Å². The van der Waals surface area contributed by atoms with Crippen LogP contribution < -0.4 is 0 Å². The van der Waals surface area contributed by atoms with Crippen molar-refractivity contribution < 1.29 is 19.1 Å². The van der Waals surface area contributed by atoms with Gasteiger partial charge in [0.15, 0.2) is 0 Å². The van der Waals surface area contributed by atoms with E-state index in [4.69, 9.17) is 9.47 Å². The van der Waals surface area contributed by atoms with Gasteiger partial charge in [-0.1, -0.05) is 36.4 Å². The highest BCUT2D eigenvalue weighted by molar-refractivity contribution is 5.91. The Morgan fingerprint density at radius 1 is 0.958 bits per heavy atom. The molecule has 0 N–H and O–H groups in total. The maximum absolute atomic E-state index is 12.0. The van der Waals surface area contributed by atoms with E-state index in [0.717, 1.165) is 16.7 Å². The van der Waals surface area contributed by atoms with E-state index in [0.29, 0.717) is 5.56 Å². The molecule has 0 radical (unpaired) electrons. The van der Waals surface area contributed by atoms with Crippen LogP contribution >= 0.6 is 0 Å². The van der Waals surface area contributed by atoms with Crippen molar-refractivity contribution in [1.29, 1.82) is 0 Å². The van der Waals surface area contributed by atoms with E-state index in [1.54, 1.807) is 12.1 Å². The summed E-state index contributed by atoms with van der Waals surface area (Å²) >= 11 is 0.